The van der Waals surface area contributed by atoms with Gasteiger partial charge in [0.25, 0.3) is 5.91 Å². The molecule has 1 amide bonds. The molecule has 162 valence electrons. The van der Waals surface area contributed by atoms with Gasteiger partial charge in [0.1, 0.15) is 5.69 Å². The van der Waals surface area contributed by atoms with Gasteiger partial charge in [0.15, 0.2) is 0 Å². The lowest BCUT2D eigenvalue weighted by Gasteiger charge is -2.31. The van der Waals surface area contributed by atoms with Gasteiger partial charge in [0, 0.05) is 50.1 Å². The maximum absolute atomic E-state index is 12.7. The summed E-state index contributed by atoms with van der Waals surface area (Å²) in [4.78, 5) is 19.3. The molecule has 0 N–H and O–H groups in total. The fourth-order valence-electron chi connectivity index (χ4n) is 3.97. The molecule has 0 bridgehead atoms. The quantitative estimate of drug-likeness (QED) is 0.617. The van der Waals surface area contributed by atoms with Gasteiger partial charge in [0.05, 0.1) is 5.56 Å². The third-order valence-corrected chi connectivity index (χ3v) is 5.74. The number of alkyl halides is 3. The number of carbonyl (C=O) groups is 1. The Bertz CT molecular complexity index is 1050. The van der Waals surface area contributed by atoms with Crippen molar-refractivity contribution in [2.75, 3.05) is 13.1 Å². The van der Waals surface area contributed by atoms with Crippen LogP contribution in [0.15, 0.2) is 54.7 Å². The average molecular weight is 428 g/mol. The molecule has 0 radical (unpaired) electrons. The molecule has 0 unspecified atom stereocenters. The maximum Gasteiger partial charge on any atom is 0.416 e. The molecule has 3 heterocycles. The molecule has 0 spiro atoms. The Balaban J connectivity index is 1.39. The van der Waals surface area contributed by atoms with Crippen LogP contribution in [0.3, 0.4) is 0 Å². The molecule has 5 nitrogen and oxygen atoms in total. The fraction of sp³-hybridized carbons (Fsp3) is 0.348. The smallest absolute Gasteiger partial charge is 0.337 e. The molecule has 8 heteroatoms. The zero-order valence-electron chi connectivity index (χ0n) is 17.1. The van der Waals surface area contributed by atoms with Crippen molar-refractivity contribution in [3.8, 4) is 0 Å². The number of pyridine rings is 1. The van der Waals surface area contributed by atoms with Crippen molar-refractivity contribution in [2.24, 2.45) is 7.05 Å². The number of rotatable bonds is 4. The number of halogens is 3. The van der Waals surface area contributed by atoms with Gasteiger partial charge >= 0.3 is 6.18 Å². The van der Waals surface area contributed by atoms with Crippen molar-refractivity contribution in [3.63, 3.8) is 0 Å². The van der Waals surface area contributed by atoms with E-state index in [4.69, 9.17) is 4.98 Å². The number of hydrogen-bond donors (Lipinski definition) is 0. The monoisotopic (exact) mass is 428 g/mol. The molecule has 1 aliphatic rings. The van der Waals surface area contributed by atoms with Crippen LogP contribution in [0.5, 0.6) is 0 Å². The Morgan fingerprint density at radius 2 is 1.77 bits per heavy atom. The maximum atomic E-state index is 12.7. The first kappa shape index (κ1) is 21.1. The number of nitrogens with zero attached hydrogens (tertiary/aromatic N) is 4. The summed E-state index contributed by atoms with van der Waals surface area (Å²) in [7, 11) is 1.76. The van der Waals surface area contributed by atoms with Crippen LogP contribution >= 0.6 is 0 Å². The van der Waals surface area contributed by atoms with E-state index in [9.17, 15) is 18.0 Å². The summed E-state index contributed by atoms with van der Waals surface area (Å²) in [5, 5.41) is 4.06. The van der Waals surface area contributed by atoms with Crippen LogP contribution in [-0.4, -0.2) is 38.7 Å². The van der Waals surface area contributed by atoms with Crippen LogP contribution in [0, 0.1) is 0 Å². The first-order valence-electron chi connectivity index (χ1n) is 10.2. The van der Waals surface area contributed by atoms with Crippen molar-refractivity contribution in [2.45, 2.75) is 31.4 Å². The van der Waals surface area contributed by atoms with Gasteiger partial charge in [-0.25, -0.2) is 0 Å². The van der Waals surface area contributed by atoms with Crippen LogP contribution in [0.2, 0.25) is 0 Å². The molecule has 0 aliphatic carbocycles. The highest BCUT2D eigenvalue weighted by Gasteiger charge is 2.30. The number of hydrogen-bond acceptors (Lipinski definition) is 3. The molecule has 1 aliphatic heterocycles. The number of piperidine rings is 1. The molecule has 0 saturated carbocycles. The van der Waals surface area contributed by atoms with Crippen LogP contribution in [-0.2, 0) is 19.6 Å². The van der Waals surface area contributed by atoms with Crippen molar-refractivity contribution in [1.29, 1.82) is 0 Å². The van der Waals surface area contributed by atoms with Gasteiger partial charge in [-0.15, -0.1) is 0 Å². The lowest BCUT2D eigenvalue weighted by molar-refractivity contribution is -0.137. The summed E-state index contributed by atoms with van der Waals surface area (Å²) in [6.07, 6.45) is -0.597. The highest BCUT2D eigenvalue weighted by molar-refractivity contribution is 5.92. The predicted molar refractivity (Wildman–Crippen MR) is 110 cm³/mol. The topological polar surface area (TPSA) is 51.0 Å². The molecule has 3 aromatic rings. The number of aromatic nitrogens is 3. The number of carbonyl (C=O) groups excluding carboxylic acids is 1. The van der Waals surface area contributed by atoms with E-state index in [0.29, 0.717) is 25.2 Å². The van der Waals surface area contributed by atoms with E-state index in [2.05, 4.69) is 5.10 Å². The molecule has 1 saturated heterocycles. The summed E-state index contributed by atoms with van der Waals surface area (Å²) in [5.74, 6) is 0.241. The van der Waals surface area contributed by atoms with E-state index in [0.717, 1.165) is 41.9 Å². The third kappa shape index (κ3) is 4.78. The zero-order chi connectivity index (χ0) is 22.0. The van der Waals surface area contributed by atoms with Gasteiger partial charge in [-0.2, -0.15) is 18.3 Å². The second kappa shape index (κ2) is 8.53. The van der Waals surface area contributed by atoms with E-state index in [1.807, 2.05) is 23.1 Å². The summed E-state index contributed by atoms with van der Waals surface area (Å²) in [6.45, 7) is 1.30. The van der Waals surface area contributed by atoms with Crippen LogP contribution in [0.4, 0.5) is 13.2 Å². The third-order valence-electron chi connectivity index (χ3n) is 5.74. The minimum atomic E-state index is -4.33. The van der Waals surface area contributed by atoms with Crippen LogP contribution in [0.1, 0.15) is 51.8 Å². The summed E-state index contributed by atoms with van der Waals surface area (Å²) >= 11 is 0. The van der Waals surface area contributed by atoms with Gasteiger partial charge in [0.2, 0.25) is 0 Å². The second-order valence-electron chi connectivity index (χ2n) is 7.83. The molecule has 1 fully saturated rings. The Hall–Kier alpha value is -3.16. The van der Waals surface area contributed by atoms with Crippen molar-refractivity contribution >= 4 is 5.91 Å². The Labute approximate surface area is 178 Å². The minimum absolute atomic E-state index is 0.0116. The Morgan fingerprint density at radius 3 is 2.39 bits per heavy atom. The molecule has 0 atom stereocenters. The van der Waals surface area contributed by atoms with Gasteiger partial charge in [-0.1, -0.05) is 18.2 Å². The summed E-state index contributed by atoms with van der Waals surface area (Å²) in [5.41, 5.74) is 2.51. The number of aryl methyl sites for hydroxylation is 1. The van der Waals surface area contributed by atoms with Gasteiger partial charge in [-0.05, 0) is 48.7 Å². The van der Waals surface area contributed by atoms with Crippen LogP contribution in [0.25, 0.3) is 0 Å². The first-order chi connectivity index (χ1) is 14.8. The lowest BCUT2D eigenvalue weighted by Crippen LogP contribution is -2.38. The molecule has 1 aromatic carbocycles. The highest BCUT2D eigenvalue weighted by Crippen LogP contribution is 2.30. The fourth-order valence-corrected chi connectivity index (χ4v) is 3.97. The minimum Gasteiger partial charge on any atom is -0.337 e. The first-order valence-corrected chi connectivity index (χ1v) is 10.2. The largest absolute Gasteiger partial charge is 0.416 e. The molecular weight excluding hydrogens is 405 g/mol. The van der Waals surface area contributed by atoms with E-state index in [1.165, 1.54) is 12.1 Å². The van der Waals surface area contributed by atoms with Gasteiger partial charge < -0.3 is 4.90 Å². The van der Waals surface area contributed by atoms with E-state index in [-0.39, 0.29) is 11.8 Å². The standard InChI is InChI=1S/C23H23F3N4O/c1-29-21(9-12-27-29)22(31)30-13-10-17(11-14-30)20-4-2-3-19(28-20)15-16-5-7-18(8-6-16)23(24,25)26/h2-9,12,17H,10-11,13-15H2,1H3. The average Bonchev–Trinajstić information content (AvgIpc) is 3.19. The number of likely N-dealkylation sites (tertiary alicyclic amines) is 1. The van der Waals surface area contributed by atoms with Gasteiger partial charge in [-0.3, -0.25) is 14.5 Å². The molecule has 2 aromatic heterocycles. The molecule has 4 rings (SSSR count). The van der Waals surface area contributed by atoms with E-state index >= 15 is 0 Å². The summed E-state index contributed by atoms with van der Waals surface area (Å²) in [6, 6.07) is 12.7. The lowest BCUT2D eigenvalue weighted by atomic mass is 9.92. The summed E-state index contributed by atoms with van der Waals surface area (Å²) < 4.78 is 39.8. The zero-order valence-corrected chi connectivity index (χ0v) is 17.1. The highest BCUT2D eigenvalue weighted by atomic mass is 19.4. The van der Waals surface area contributed by atoms with E-state index in [1.54, 1.807) is 24.0 Å². The molecular formula is C23H23F3N4O. The van der Waals surface area contributed by atoms with Crippen LogP contribution < -0.4 is 0 Å². The van der Waals surface area contributed by atoms with E-state index < -0.39 is 11.7 Å². The Kier molecular flexibility index (Phi) is 5.80. The number of benzene rings is 1. The normalized spacial score (nSPS) is 15.3. The number of amides is 1. The van der Waals surface area contributed by atoms with Crippen molar-refractivity contribution in [1.82, 2.24) is 19.7 Å². The van der Waals surface area contributed by atoms with Crippen molar-refractivity contribution in [3.05, 3.63) is 82.9 Å². The predicted octanol–water partition coefficient (Wildman–Crippen LogP) is 4.44. The Morgan fingerprint density at radius 1 is 1.06 bits per heavy atom. The second-order valence-corrected chi connectivity index (χ2v) is 7.83. The molecule has 31 heavy (non-hydrogen) atoms. The van der Waals surface area contributed by atoms with Crippen molar-refractivity contribution < 1.29 is 18.0 Å². The SMILES string of the molecule is Cn1nccc1C(=O)N1CCC(c2cccc(Cc3ccc(C(F)(F)F)cc3)n2)CC1.